The quantitative estimate of drug-likeness (QED) is 0.563. The highest BCUT2D eigenvalue weighted by Gasteiger charge is 2.21. The minimum absolute atomic E-state index is 0.0104. The van der Waals surface area contributed by atoms with Crippen LogP contribution in [0, 0.1) is 0 Å². The Labute approximate surface area is 175 Å². The maximum absolute atomic E-state index is 12.9. The second-order valence-corrected chi connectivity index (χ2v) is 7.47. The summed E-state index contributed by atoms with van der Waals surface area (Å²) in [5, 5.41) is 6.61. The van der Waals surface area contributed by atoms with Crippen LogP contribution in [0.2, 0.25) is 0 Å². The van der Waals surface area contributed by atoms with E-state index < -0.39 is 6.04 Å². The lowest BCUT2D eigenvalue weighted by molar-refractivity contribution is -0.128. The van der Waals surface area contributed by atoms with Gasteiger partial charge in [-0.1, -0.05) is 30.3 Å². The minimum Gasteiger partial charge on any atom is -0.361 e. The third kappa shape index (κ3) is 5.26. The highest BCUT2D eigenvalue weighted by Crippen LogP contribution is 2.20. The molecule has 0 aliphatic heterocycles. The summed E-state index contributed by atoms with van der Waals surface area (Å²) < 4.78 is 0. The maximum atomic E-state index is 12.9. The van der Waals surface area contributed by atoms with E-state index in [1.165, 1.54) is 6.92 Å². The van der Waals surface area contributed by atoms with Gasteiger partial charge in [-0.3, -0.25) is 14.4 Å². The van der Waals surface area contributed by atoms with E-state index in [2.05, 4.69) is 15.6 Å². The summed E-state index contributed by atoms with van der Waals surface area (Å²) in [6, 6.07) is 14.3. The number of hydrogen-bond acceptors (Lipinski definition) is 3. The van der Waals surface area contributed by atoms with Crippen molar-refractivity contribution < 1.29 is 14.4 Å². The van der Waals surface area contributed by atoms with Crippen LogP contribution in [0.25, 0.3) is 10.9 Å². The summed E-state index contributed by atoms with van der Waals surface area (Å²) in [7, 11) is 3.43. The van der Waals surface area contributed by atoms with E-state index in [0.29, 0.717) is 18.5 Å². The van der Waals surface area contributed by atoms with Gasteiger partial charge in [0.25, 0.3) is 0 Å². The van der Waals surface area contributed by atoms with Gasteiger partial charge in [-0.15, -0.1) is 0 Å². The maximum Gasteiger partial charge on any atom is 0.247 e. The number of H-pyrrole nitrogens is 1. The normalized spacial score (nSPS) is 11.7. The molecule has 3 N–H and O–H groups in total. The van der Waals surface area contributed by atoms with Crippen LogP contribution in [-0.2, 0) is 27.2 Å². The second kappa shape index (κ2) is 9.26. The van der Waals surface area contributed by atoms with E-state index in [9.17, 15) is 14.4 Å². The number of likely N-dealkylation sites (N-methyl/N-ethyl adjacent to an activating group) is 1. The van der Waals surface area contributed by atoms with Gasteiger partial charge in [0.05, 0.1) is 6.42 Å². The Morgan fingerprint density at radius 3 is 2.40 bits per heavy atom. The van der Waals surface area contributed by atoms with Gasteiger partial charge in [0.2, 0.25) is 17.7 Å². The Hall–Kier alpha value is -3.61. The van der Waals surface area contributed by atoms with Crippen molar-refractivity contribution in [3.05, 3.63) is 65.9 Å². The van der Waals surface area contributed by atoms with Crippen molar-refractivity contribution in [2.75, 3.05) is 19.4 Å². The first-order valence-electron chi connectivity index (χ1n) is 9.75. The molecule has 3 amide bonds. The molecule has 3 aromatic rings. The van der Waals surface area contributed by atoms with Crippen LogP contribution >= 0.6 is 0 Å². The predicted molar refractivity (Wildman–Crippen MR) is 117 cm³/mol. The first-order chi connectivity index (χ1) is 14.3. The molecule has 156 valence electrons. The van der Waals surface area contributed by atoms with E-state index >= 15 is 0 Å². The van der Waals surface area contributed by atoms with E-state index in [1.807, 2.05) is 42.6 Å². The van der Waals surface area contributed by atoms with Crippen molar-refractivity contribution in [2.45, 2.75) is 25.8 Å². The van der Waals surface area contributed by atoms with Crippen LogP contribution in [0.4, 0.5) is 5.69 Å². The Balaban J connectivity index is 1.71. The minimum atomic E-state index is -0.711. The number of nitrogens with one attached hydrogen (secondary N) is 3. The molecule has 0 saturated carbocycles. The molecular formula is C23H26N4O3. The molecule has 1 atom stereocenters. The molecular weight excluding hydrogens is 380 g/mol. The molecule has 1 unspecified atom stereocenters. The average molecular weight is 406 g/mol. The Kier molecular flexibility index (Phi) is 6.51. The number of carbonyl (C=O) groups excluding carboxylic acids is 3. The molecule has 0 fully saturated rings. The van der Waals surface area contributed by atoms with Crippen LogP contribution in [0.15, 0.2) is 54.7 Å². The molecule has 7 heteroatoms. The predicted octanol–water partition coefficient (Wildman–Crippen LogP) is 2.48. The number of aromatic nitrogens is 1. The lowest BCUT2D eigenvalue weighted by Crippen LogP contribution is -2.44. The molecule has 3 rings (SSSR count). The van der Waals surface area contributed by atoms with E-state index in [0.717, 1.165) is 22.0 Å². The molecule has 30 heavy (non-hydrogen) atoms. The zero-order chi connectivity index (χ0) is 21.7. The topological polar surface area (TPSA) is 94.3 Å². The number of fused-ring (bicyclic) bond motifs is 1. The fourth-order valence-electron chi connectivity index (χ4n) is 3.24. The molecule has 2 aromatic carbocycles. The number of benzene rings is 2. The lowest BCUT2D eigenvalue weighted by Gasteiger charge is -2.18. The molecule has 1 aromatic heterocycles. The van der Waals surface area contributed by atoms with Crippen LogP contribution < -0.4 is 10.6 Å². The van der Waals surface area contributed by atoms with Crippen LogP contribution in [-0.4, -0.2) is 47.7 Å². The highest BCUT2D eigenvalue weighted by atomic mass is 16.2. The van der Waals surface area contributed by atoms with Gasteiger partial charge in [0.15, 0.2) is 0 Å². The Morgan fingerprint density at radius 1 is 1.03 bits per heavy atom. The summed E-state index contributed by atoms with van der Waals surface area (Å²) in [6.45, 7) is 1.39. The van der Waals surface area contributed by atoms with Crippen LogP contribution in [0.3, 0.4) is 0 Å². The number of aromatic amines is 1. The van der Waals surface area contributed by atoms with Gasteiger partial charge < -0.3 is 20.5 Å². The molecule has 0 aliphatic rings. The summed E-state index contributed by atoms with van der Waals surface area (Å²) in [5.41, 5.74) is 3.41. The first-order valence-corrected chi connectivity index (χ1v) is 9.75. The number of nitrogens with zero attached hydrogens (tertiary/aromatic N) is 1. The van der Waals surface area contributed by atoms with Crippen molar-refractivity contribution in [3.8, 4) is 0 Å². The highest BCUT2D eigenvalue weighted by molar-refractivity contribution is 5.97. The first kappa shape index (κ1) is 21.1. The Morgan fingerprint density at radius 2 is 1.73 bits per heavy atom. The third-order valence-corrected chi connectivity index (χ3v) is 4.87. The third-order valence-electron chi connectivity index (χ3n) is 4.87. The average Bonchev–Trinajstić information content (AvgIpc) is 3.11. The van der Waals surface area contributed by atoms with Gasteiger partial charge in [0, 0.05) is 50.2 Å². The molecule has 0 spiro atoms. The largest absolute Gasteiger partial charge is 0.361 e. The number of anilines is 1. The summed E-state index contributed by atoms with van der Waals surface area (Å²) in [5.74, 6) is -0.559. The van der Waals surface area contributed by atoms with Crippen molar-refractivity contribution in [1.82, 2.24) is 15.2 Å². The van der Waals surface area contributed by atoms with E-state index in [4.69, 9.17) is 0 Å². The standard InChI is InChI=1S/C23H26N4O3/c1-15(28)25-21(13-17-14-24-20-7-5-4-6-19(17)20)23(30)26-18-10-8-16(9-11-18)12-22(29)27(2)3/h4-11,14,21,24H,12-13H2,1-3H3,(H,25,28)(H,26,30). The zero-order valence-electron chi connectivity index (χ0n) is 17.4. The number of rotatable bonds is 7. The van der Waals surface area contributed by atoms with Crippen molar-refractivity contribution in [1.29, 1.82) is 0 Å². The molecule has 0 aliphatic carbocycles. The van der Waals surface area contributed by atoms with Gasteiger partial charge >= 0.3 is 0 Å². The molecule has 7 nitrogen and oxygen atoms in total. The monoisotopic (exact) mass is 406 g/mol. The summed E-state index contributed by atoms with van der Waals surface area (Å²) >= 11 is 0. The summed E-state index contributed by atoms with van der Waals surface area (Å²) in [6.07, 6.45) is 2.53. The molecule has 0 radical (unpaired) electrons. The van der Waals surface area contributed by atoms with Gasteiger partial charge in [0.1, 0.15) is 6.04 Å². The molecule has 0 saturated heterocycles. The second-order valence-electron chi connectivity index (χ2n) is 7.47. The van der Waals surface area contributed by atoms with Crippen molar-refractivity contribution >= 4 is 34.3 Å². The van der Waals surface area contributed by atoms with Gasteiger partial charge in [-0.25, -0.2) is 0 Å². The number of hydrogen-bond donors (Lipinski definition) is 3. The van der Waals surface area contributed by atoms with Crippen LogP contribution in [0.1, 0.15) is 18.1 Å². The van der Waals surface area contributed by atoms with Crippen LogP contribution in [0.5, 0.6) is 0 Å². The van der Waals surface area contributed by atoms with E-state index in [1.54, 1.807) is 31.1 Å². The van der Waals surface area contributed by atoms with Gasteiger partial charge in [-0.05, 0) is 29.3 Å². The zero-order valence-corrected chi connectivity index (χ0v) is 17.4. The SMILES string of the molecule is CC(=O)NC(Cc1c[nH]c2ccccc12)C(=O)Nc1ccc(CC(=O)N(C)C)cc1. The fourth-order valence-corrected chi connectivity index (χ4v) is 3.24. The number of carbonyl (C=O) groups is 3. The number of amides is 3. The lowest BCUT2D eigenvalue weighted by atomic mass is 10.0. The number of para-hydroxylation sites is 1. The van der Waals surface area contributed by atoms with Crippen molar-refractivity contribution in [3.63, 3.8) is 0 Å². The molecule has 1 heterocycles. The van der Waals surface area contributed by atoms with E-state index in [-0.39, 0.29) is 17.7 Å². The van der Waals surface area contributed by atoms with Gasteiger partial charge in [-0.2, -0.15) is 0 Å². The van der Waals surface area contributed by atoms with Crippen molar-refractivity contribution in [2.24, 2.45) is 0 Å². The fraction of sp³-hybridized carbons (Fsp3) is 0.261. The molecule has 0 bridgehead atoms. The summed E-state index contributed by atoms with van der Waals surface area (Å²) in [4.78, 5) is 41.1. The smallest absolute Gasteiger partial charge is 0.247 e. The Bertz CT molecular complexity index is 1050.